The number of piperazine rings is 1. The van der Waals surface area contributed by atoms with Crippen molar-refractivity contribution in [1.29, 1.82) is 0 Å². The first kappa shape index (κ1) is 21.6. The number of benzene rings is 3. The molecule has 3 aromatic carbocycles. The molecule has 0 radical (unpaired) electrons. The lowest BCUT2D eigenvalue weighted by Crippen LogP contribution is -2.49. The van der Waals surface area contributed by atoms with Crippen LogP contribution in [-0.2, 0) is 0 Å². The van der Waals surface area contributed by atoms with Crippen molar-refractivity contribution in [2.45, 2.75) is 0 Å². The standard InChI is InChI=1S/C26H23FN4O3/c1-34-21-12-10-20(11-13-21)31-25(32)23-5-3-2-4-22(23)24(28-31)26(33)30-16-14-29(15-17-30)19-8-6-18(27)7-9-19/h2-13H,14-17H2,1H3. The molecule has 34 heavy (non-hydrogen) atoms. The third-order valence-electron chi connectivity index (χ3n) is 6.08. The molecule has 0 saturated carbocycles. The minimum absolute atomic E-state index is 0.225. The van der Waals surface area contributed by atoms with Crippen LogP contribution in [0.15, 0.2) is 77.6 Å². The first-order chi connectivity index (χ1) is 16.5. The Kier molecular flexibility index (Phi) is 5.71. The molecular weight excluding hydrogens is 435 g/mol. The minimum Gasteiger partial charge on any atom is -0.497 e. The molecule has 0 unspecified atom stereocenters. The van der Waals surface area contributed by atoms with Gasteiger partial charge in [-0.05, 0) is 54.6 Å². The average molecular weight is 458 g/mol. The summed E-state index contributed by atoms with van der Waals surface area (Å²) in [7, 11) is 1.57. The van der Waals surface area contributed by atoms with Crippen LogP contribution in [0.5, 0.6) is 5.75 Å². The van der Waals surface area contributed by atoms with Gasteiger partial charge >= 0.3 is 0 Å². The maximum atomic E-state index is 13.6. The molecule has 1 amide bonds. The van der Waals surface area contributed by atoms with Crippen LogP contribution in [-0.4, -0.2) is 53.9 Å². The first-order valence-corrected chi connectivity index (χ1v) is 11.0. The molecule has 4 aromatic rings. The molecule has 2 heterocycles. The third-order valence-corrected chi connectivity index (χ3v) is 6.08. The molecule has 1 saturated heterocycles. The van der Waals surface area contributed by atoms with E-state index in [0.717, 1.165) is 5.69 Å². The summed E-state index contributed by atoms with van der Waals surface area (Å²) in [5.74, 6) is 0.160. The number of fused-ring (bicyclic) bond motifs is 1. The number of anilines is 1. The lowest BCUT2D eigenvalue weighted by molar-refractivity contribution is 0.0741. The molecule has 0 spiro atoms. The maximum absolute atomic E-state index is 13.6. The van der Waals surface area contributed by atoms with Gasteiger partial charge < -0.3 is 14.5 Å². The Morgan fingerprint density at radius 1 is 0.853 bits per heavy atom. The molecular formula is C26H23FN4O3. The Labute approximate surface area is 195 Å². The zero-order chi connectivity index (χ0) is 23.7. The van der Waals surface area contributed by atoms with Crippen molar-refractivity contribution in [2.24, 2.45) is 0 Å². The number of hydrogen-bond acceptors (Lipinski definition) is 5. The van der Waals surface area contributed by atoms with E-state index >= 15 is 0 Å². The fraction of sp³-hybridized carbons (Fsp3) is 0.192. The van der Waals surface area contributed by atoms with Crippen molar-refractivity contribution >= 4 is 22.4 Å². The van der Waals surface area contributed by atoms with Gasteiger partial charge in [0.05, 0.1) is 18.2 Å². The van der Waals surface area contributed by atoms with Crippen LogP contribution in [0.4, 0.5) is 10.1 Å². The number of amides is 1. The van der Waals surface area contributed by atoms with Crippen molar-refractivity contribution < 1.29 is 13.9 Å². The summed E-state index contributed by atoms with van der Waals surface area (Å²) in [5.41, 5.74) is 1.41. The van der Waals surface area contributed by atoms with Gasteiger partial charge in [0.25, 0.3) is 11.5 Å². The van der Waals surface area contributed by atoms with Gasteiger partial charge in [0.2, 0.25) is 0 Å². The van der Waals surface area contributed by atoms with Crippen LogP contribution in [0.1, 0.15) is 10.5 Å². The van der Waals surface area contributed by atoms with E-state index in [2.05, 4.69) is 10.00 Å². The zero-order valence-electron chi connectivity index (χ0n) is 18.6. The molecule has 0 N–H and O–H groups in total. The van der Waals surface area contributed by atoms with E-state index in [1.165, 1.54) is 16.8 Å². The number of methoxy groups -OCH3 is 1. The van der Waals surface area contributed by atoms with Crippen molar-refractivity contribution in [1.82, 2.24) is 14.7 Å². The zero-order valence-corrected chi connectivity index (χ0v) is 18.6. The minimum atomic E-state index is -0.293. The second-order valence-corrected chi connectivity index (χ2v) is 8.06. The van der Waals surface area contributed by atoms with Crippen molar-refractivity contribution in [3.63, 3.8) is 0 Å². The number of aromatic nitrogens is 2. The number of carbonyl (C=O) groups excluding carboxylic acids is 1. The highest BCUT2D eigenvalue weighted by molar-refractivity contribution is 6.05. The summed E-state index contributed by atoms with van der Waals surface area (Å²) in [6, 6.07) is 20.4. The summed E-state index contributed by atoms with van der Waals surface area (Å²) in [4.78, 5) is 30.6. The summed E-state index contributed by atoms with van der Waals surface area (Å²) >= 11 is 0. The number of ether oxygens (including phenoxy) is 1. The van der Waals surface area contributed by atoms with Crippen LogP contribution >= 0.6 is 0 Å². The second kappa shape index (κ2) is 8.97. The highest BCUT2D eigenvalue weighted by atomic mass is 19.1. The highest BCUT2D eigenvalue weighted by Crippen LogP contribution is 2.21. The van der Waals surface area contributed by atoms with E-state index in [0.29, 0.717) is 48.4 Å². The second-order valence-electron chi connectivity index (χ2n) is 8.06. The van der Waals surface area contributed by atoms with Gasteiger partial charge in [0, 0.05) is 37.3 Å². The number of rotatable bonds is 4. The maximum Gasteiger partial charge on any atom is 0.279 e. The molecule has 0 bridgehead atoms. The van der Waals surface area contributed by atoms with Crippen LogP contribution < -0.4 is 15.2 Å². The predicted octanol–water partition coefficient (Wildman–Crippen LogP) is 3.50. The fourth-order valence-electron chi connectivity index (χ4n) is 4.22. The quantitative estimate of drug-likeness (QED) is 0.468. The van der Waals surface area contributed by atoms with E-state index in [-0.39, 0.29) is 23.0 Å². The van der Waals surface area contributed by atoms with Gasteiger partial charge in [-0.15, -0.1) is 0 Å². The van der Waals surface area contributed by atoms with Gasteiger partial charge in [0.1, 0.15) is 11.6 Å². The Morgan fingerprint density at radius 3 is 2.12 bits per heavy atom. The SMILES string of the molecule is COc1ccc(-n2nc(C(=O)N3CCN(c4ccc(F)cc4)CC3)c3ccccc3c2=O)cc1. The van der Waals surface area contributed by atoms with Crippen molar-refractivity contribution in [3.05, 3.63) is 94.7 Å². The molecule has 0 aliphatic carbocycles. The Hall–Kier alpha value is -4.20. The monoisotopic (exact) mass is 458 g/mol. The highest BCUT2D eigenvalue weighted by Gasteiger charge is 2.26. The van der Waals surface area contributed by atoms with E-state index in [9.17, 15) is 14.0 Å². The van der Waals surface area contributed by atoms with Crippen LogP contribution in [0.2, 0.25) is 0 Å². The van der Waals surface area contributed by atoms with Gasteiger partial charge in [-0.3, -0.25) is 9.59 Å². The summed E-state index contributed by atoms with van der Waals surface area (Å²) in [6.07, 6.45) is 0. The van der Waals surface area contributed by atoms with Crippen LogP contribution in [0, 0.1) is 5.82 Å². The molecule has 1 aromatic heterocycles. The Morgan fingerprint density at radius 2 is 1.47 bits per heavy atom. The number of halogens is 1. The van der Waals surface area contributed by atoms with Gasteiger partial charge in [-0.25, -0.2) is 4.39 Å². The smallest absolute Gasteiger partial charge is 0.279 e. The van der Waals surface area contributed by atoms with Gasteiger partial charge in [0.15, 0.2) is 5.69 Å². The van der Waals surface area contributed by atoms with Crippen LogP contribution in [0.25, 0.3) is 16.5 Å². The van der Waals surface area contributed by atoms with E-state index < -0.39 is 0 Å². The molecule has 7 nitrogen and oxygen atoms in total. The third kappa shape index (κ3) is 3.98. The normalized spacial score (nSPS) is 13.8. The Bertz CT molecular complexity index is 1390. The molecule has 172 valence electrons. The topological polar surface area (TPSA) is 67.7 Å². The van der Waals surface area contributed by atoms with Gasteiger partial charge in [-0.1, -0.05) is 18.2 Å². The fourth-order valence-corrected chi connectivity index (χ4v) is 4.22. The lowest BCUT2D eigenvalue weighted by Gasteiger charge is -2.36. The van der Waals surface area contributed by atoms with Crippen molar-refractivity contribution in [3.8, 4) is 11.4 Å². The van der Waals surface area contributed by atoms with E-state index in [1.807, 2.05) is 0 Å². The van der Waals surface area contributed by atoms with Crippen LogP contribution in [0.3, 0.4) is 0 Å². The largest absolute Gasteiger partial charge is 0.497 e. The van der Waals surface area contributed by atoms with E-state index in [1.54, 1.807) is 72.7 Å². The molecule has 5 rings (SSSR count). The van der Waals surface area contributed by atoms with E-state index in [4.69, 9.17) is 4.74 Å². The molecule has 1 aliphatic rings. The average Bonchev–Trinajstić information content (AvgIpc) is 2.89. The lowest BCUT2D eigenvalue weighted by atomic mass is 10.1. The first-order valence-electron chi connectivity index (χ1n) is 11.0. The van der Waals surface area contributed by atoms with Crippen molar-refractivity contribution in [2.75, 3.05) is 38.2 Å². The molecule has 0 atom stereocenters. The molecule has 1 fully saturated rings. The summed E-state index contributed by atoms with van der Waals surface area (Å²) in [5, 5.41) is 5.47. The molecule has 8 heteroatoms. The van der Waals surface area contributed by atoms with Gasteiger partial charge in [-0.2, -0.15) is 9.78 Å². The molecule has 1 aliphatic heterocycles. The summed E-state index contributed by atoms with van der Waals surface area (Å²) in [6.45, 7) is 2.22. The number of carbonyl (C=O) groups is 1. The predicted molar refractivity (Wildman–Crippen MR) is 128 cm³/mol. The summed E-state index contributed by atoms with van der Waals surface area (Å²) < 4.78 is 19.7. The number of nitrogens with zero attached hydrogens (tertiary/aromatic N) is 4. The Balaban J connectivity index is 1.47. The number of hydrogen-bond donors (Lipinski definition) is 0.